The molecule has 0 heterocycles. The molecule has 0 aliphatic heterocycles. The van der Waals surface area contributed by atoms with Crippen molar-refractivity contribution in [2.45, 2.75) is 20.3 Å². The van der Waals surface area contributed by atoms with Gasteiger partial charge >= 0.3 is 0 Å². The third-order valence-electron chi connectivity index (χ3n) is 2.35. The number of hydrogen-bond acceptors (Lipinski definition) is 3. The van der Waals surface area contributed by atoms with E-state index in [2.05, 4.69) is 6.07 Å². The van der Waals surface area contributed by atoms with Gasteiger partial charge in [0.25, 0.3) is 0 Å². The molecule has 1 aromatic carbocycles. The van der Waals surface area contributed by atoms with Crippen molar-refractivity contribution in [1.29, 1.82) is 10.5 Å². The molecule has 4 heteroatoms. The largest absolute Gasteiger partial charge is 0.492 e. The van der Waals surface area contributed by atoms with Crippen molar-refractivity contribution in [3.63, 3.8) is 0 Å². The van der Waals surface area contributed by atoms with E-state index >= 15 is 0 Å². The zero-order chi connectivity index (χ0) is 12.9. The Morgan fingerprint density at radius 2 is 2.06 bits per heavy atom. The van der Waals surface area contributed by atoms with Gasteiger partial charge in [0.05, 0.1) is 23.7 Å². The van der Waals surface area contributed by atoms with Crippen LogP contribution in [0.4, 0.5) is 0 Å². The Morgan fingerprint density at radius 1 is 1.35 bits per heavy atom. The van der Waals surface area contributed by atoms with Gasteiger partial charge in [0, 0.05) is 11.1 Å². The third kappa shape index (κ3) is 3.98. The van der Waals surface area contributed by atoms with E-state index in [1.54, 1.807) is 18.2 Å². The number of ether oxygens (including phenoxy) is 1. The molecule has 0 fully saturated rings. The molecule has 0 saturated heterocycles. The maximum absolute atomic E-state index is 8.89. The predicted molar refractivity (Wildman–Crippen MR) is 65.7 cm³/mol. The summed E-state index contributed by atoms with van der Waals surface area (Å²) in [6.45, 7) is 4.08. The van der Waals surface area contributed by atoms with Gasteiger partial charge < -0.3 is 4.74 Å². The van der Waals surface area contributed by atoms with E-state index in [4.69, 9.17) is 26.9 Å². The predicted octanol–water partition coefficient (Wildman–Crippen LogP) is 3.53. The zero-order valence-electron chi connectivity index (χ0n) is 9.83. The van der Waals surface area contributed by atoms with E-state index in [1.807, 2.05) is 19.9 Å². The summed E-state index contributed by atoms with van der Waals surface area (Å²) in [6, 6.07) is 9.11. The first-order valence-corrected chi connectivity index (χ1v) is 5.60. The lowest BCUT2D eigenvalue weighted by Crippen LogP contribution is -2.13. The average molecular weight is 249 g/mol. The summed E-state index contributed by atoms with van der Waals surface area (Å²) in [5.41, 5.74) is 0.0231. The molecule has 3 nitrogen and oxygen atoms in total. The summed E-state index contributed by atoms with van der Waals surface area (Å²) in [7, 11) is 0. The molecule has 0 N–H and O–H groups in total. The van der Waals surface area contributed by atoms with Crippen molar-refractivity contribution in [2.75, 3.05) is 6.61 Å². The fourth-order valence-electron chi connectivity index (χ4n) is 1.18. The molecule has 0 aliphatic rings. The van der Waals surface area contributed by atoms with E-state index in [0.717, 1.165) is 0 Å². The molecule has 0 radical (unpaired) electrons. The molecule has 0 bridgehead atoms. The standard InChI is InChI=1S/C13H13ClN2O/c1-13(2,9-16)5-6-17-12-7-11(14)4-3-10(12)8-15/h3-4,7H,5-6H2,1-2H3. The summed E-state index contributed by atoms with van der Waals surface area (Å²) in [6.07, 6.45) is 0.598. The number of nitrogens with zero attached hydrogens (tertiary/aromatic N) is 2. The molecule has 0 aromatic heterocycles. The Balaban J connectivity index is 2.68. The fraction of sp³-hybridized carbons (Fsp3) is 0.385. The third-order valence-corrected chi connectivity index (χ3v) is 2.59. The van der Waals surface area contributed by atoms with Crippen molar-refractivity contribution in [1.82, 2.24) is 0 Å². The second kappa shape index (κ2) is 5.57. The second-order valence-electron chi connectivity index (χ2n) is 4.35. The Hall–Kier alpha value is -1.71. The molecule has 1 rings (SSSR count). The monoisotopic (exact) mass is 248 g/mol. The normalized spacial score (nSPS) is 10.4. The Bertz CT molecular complexity index is 483. The summed E-state index contributed by atoms with van der Waals surface area (Å²) in [5, 5.41) is 18.3. The maximum Gasteiger partial charge on any atom is 0.138 e. The van der Waals surface area contributed by atoms with Gasteiger partial charge in [-0.1, -0.05) is 11.6 Å². The highest BCUT2D eigenvalue weighted by Gasteiger charge is 2.16. The van der Waals surface area contributed by atoms with E-state index < -0.39 is 5.41 Å². The topological polar surface area (TPSA) is 56.8 Å². The molecular weight excluding hydrogens is 236 g/mol. The van der Waals surface area contributed by atoms with E-state index in [9.17, 15) is 0 Å². The molecule has 0 amide bonds. The first kappa shape index (κ1) is 13.4. The van der Waals surface area contributed by atoms with Crippen LogP contribution in [-0.4, -0.2) is 6.61 Å². The van der Waals surface area contributed by atoms with Gasteiger partial charge in [0.2, 0.25) is 0 Å². The van der Waals surface area contributed by atoms with Crippen LogP contribution in [0.15, 0.2) is 18.2 Å². The van der Waals surface area contributed by atoms with Gasteiger partial charge in [-0.2, -0.15) is 10.5 Å². The zero-order valence-corrected chi connectivity index (χ0v) is 10.6. The molecule has 0 atom stereocenters. The van der Waals surface area contributed by atoms with E-state index in [0.29, 0.717) is 29.4 Å². The second-order valence-corrected chi connectivity index (χ2v) is 4.78. The van der Waals surface area contributed by atoms with Crippen molar-refractivity contribution in [3.8, 4) is 17.9 Å². The summed E-state index contributed by atoms with van der Waals surface area (Å²) >= 11 is 5.83. The van der Waals surface area contributed by atoms with Crippen LogP contribution in [0.25, 0.3) is 0 Å². The van der Waals surface area contributed by atoms with Crippen LogP contribution in [0.3, 0.4) is 0 Å². The lowest BCUT2D eigenvalue weighted by atomic mass is 9.92. The molecule has 17 heavy (non-hydrogen) atoms. The SMILES string of the molecule is CC(C)(C#N)CCOc1cc(Cl)ccc1C#N. The molecule has 0 unspecified atom stereocenters. The van der Waals surface area contributed by atoms with E-state index in [-0.39, 0.29) is 0 Å². The number of nitriles is 2. The van der Waals surface area contributed by atoms with Crippen LogP contribution in [-0.2, 0) is 0 Å². The smallest absolute Gasteiger partial charge is 0.138 e. The Morgan fingerprint density at radius 3 is 2.65 bits per heavy atom. The van der Waals surface area contributed by atoms with Gasteiger partial charge in [0.1, 0.15) is 11.8 Å². The minimum Gasteiger partial charge on any atom is -0.492 e. The van der Waals surface area contributed by atoms with Crippen LogP contribution in [0, 0.1) is 28.1 Å². The lowest BCUT2D eigenvalue weighted by molar-refractivity contribution is 0.264. The highest BCUT2D eigenvalue weighted by atomic mass is 35.5. The summed E-state index contributed by atoms with van der Waals surface area (Å²) in [4.78, 5) is 0. The maximum atomic E-state index is 8.89. The van der Waals surface area contributed by atoms with Gasteiger partial charge in [-0.15, -0.1) is 0 Å². The average Bonchev–Trinajstić information content (AvgIpc) is 2.29. The summed E-state index contributed by atoms with van der Waals surface area (Å²) in [5.74, 6) is 0.466. The highest BCUT2D eigenvalue weighted by molar-refractivity contribution is 6.30. The Labute approximate surface area is 106 Å². The molecule has 0 spiro atoms. The number of benzene rings is 1. The van der Waals surface area contributed by atoms with Crippen LogP contribution >= 0.6 is 11.6 Å². The summed E-state index contributed by atoms with van der Waals surface area (Å²) < 4.78 is 5.49. The molecule has 0 saturated carbocycles. The minimum atomic E-state index is -0.425. The Kier molecular flexibility index (Phi) is 4.37. The number of rotatable bonds is 4. The van der Waals surface area contributed by atoms with Gasteiger partial charge in [-0.05, 0) is 32.4 Å². The van der Waals surface area contributed by atoms with Crippen molar-refractivity contribution in [2.24, 2.45) is 5.41 Å². The van der Waals surface area contributed by atoms with Crippen molar-refractivity contribution < 1.29 is 4.74 Å². The molecule has 1 aromatic rings. The highest BCUT2D eigenvalue weighted by Crippen LogP contribution is 2.24. The lowest BCUT2D eigenvalue weighted by Gasteiger charge is -2.15. The molecule has 0 aliphatic carbocycles. The van der Waals surface area contributed by atoms with Gasteiger partial charge in [0.15, 0.2) is 0 Å². The van der Waals surface area contributed by atoms with Crippen LogP contribution < -0.4 is 4.74 Å². The van der Waals surface area contributed by atoms with Crippen LogP contribution in [0.5, 0.6) is 5.75 Å². The van der Waals surface area contributed by atoms with Gasteiger partial charge in [-0.3, -0.25) is 0 Å². The van der Waals surface area contributed by atoms with Crippen molar-refractivity contribution >= 4 is 11.6 Å². The van der Waals surface area contributed by atoms with Gasteiger partial charge in [-0.25, -0.2) is 0 Å². The minimum absolute atomic E-state index is 0.385. The quantitative estimate of drug-likeness (QED) is 0.819. The molecular formula is C13H13ClN2O. The van der Waals surface area contributed by atoms with E-state index in [1.165, 1.54) is 0 Å². The number of hydrogen-bond donors (Lipinski definition) is 0. The fourth-order valence-corrected chi connectivity index (χ4v) is 1.34. The van der Waals surface area contributed by atoms with Crippen molar-refractivity contribution in [3.05, 3.63) is 28.8 Å². The first-order valence-electron chi connectivity index (χ1n) is 5.22. The van der Waals surface area contributed by atoms with Crippen LogP contribution in [0.2, 0.25) is 5.02 Å². The number of halogens is 1. The molecule has 88 valence electrons. The van der Waals surface area contributed by atoms with Crippen LogP contribution in [0.1, 0.15) is 25.8 Å². The first-order chi connectivity index (χ1) is 7.98.